The summed E-state index contributed by atoms with van der Waals surface area (Å²) in [5, 5.41) is 3.47. The Kier molecular flexibility index (Phi) is 5.69. The Balaban J connectivity index is 1.91. The smallest absolute Gasteiger partial charge is 0.262 e. The number of anilines is 1. The Morgan fingerprint density at radius 3 is 2.45 bits per heavy atom. The Hall–Kier alpha value is -1.71. The first-order chi connectivity index (χ1) is 10.5. The van der Waals surface area contributed by atoms with Crippen molar-refractivity contribution in [2.45, 2.75) is 19.8 Å². The van der Waals surface area contributed by atoms with Crippen LogP contribution in [0.25, 0.3) is 0 Å². The lowest BCUT2D eigenvalue weighted by Gasteiger charge is -2.10. The monoisotopic (exact) mass is 337 g/mol. The van der Waals surface area contributed by atoms with E-state index in [1.54, 1.807) is 18.2 Å². The van der Waals surface area contributed by atoms with Gasteiger partial charge in [0.05, 0.1) is 5.02 Å². The Morgan fingerprint density at radius 2 is 1.82 bits per heavy atom. The minimum absolute atomic E-state index is 0.133. The molecule has 0 atom stereocenters. The summed E-state index contributed by atoms with van der Waals surface area (Å²) in [6, 6.07) is 12.8. The van der Waals surface area contributed by atoms with Crippen LogP contribution < -0.4 is 10.1 Å². The molecule has 0 radical (unpaired) electrons. The standard InChI is InChI=1S/C17H17Cl2NO2/c1-11(2)12-6-8-13(9-7-12)20-16(21)10-22-15-5-3-4-14(18)17(15)19/h3-9,11H,10H2,1-2H3,(H,20,21). The van der Waals surface area contributed by atoms with Crippen LogP contribution >= 0.6 is 23.2 Å². The number of amides is 1. The van der Waals surface area contributed by atoms with Crippen LogP contribution in [0.4, 0.5) is 5.69 Å². The van der Waals surface area contributed by atoms with Gasteiger partial charge < -0.3 is 10.1 Å². The van der Waals surface area contributed by atoms with Crippen molar-refractivity contribution in [3.63, 3.8) is 0 Å². The fraction of sp³-hybridized carbons (Fsp3) is 0.235. The highest BCUT2D eigenvalue weighted by Crippen LogP contribution is 2.31. The molecular formula is C17H17Cl2NO2. The van der Waals surface area contributed by atoms with Gasteiger partial charge in [0.15, 0.2) is 6.61 Å². The van der Waals surface area contributed by atoms with E-state index < -0.39 is 0 Å². The zero-order valence-electron chi connectivity index (χ0n) is 12.4. The molecule has 2 aromatic carbocycles. The number of ether oxygens (including phenoxy) is 1. The van der Waals surface area contributed by atoms with E-state index in [2.05, 4.69) is 19.2 Å². The lowest BCUT2D eigenvalue weighted by atomic mass is 10.0. The van der Waals surface area contributed by atoms with Gasteiger partial charge in [-0.2, -0.15) is 0 Å². The molecule has 116 valence electrons. The largest absolute Gasteiger partial charge is 0.482 e. The first-order valence-corrected chi connectivity index (χ1v) is 7.69. The van der Waals surface area contributed by atoms with Crippen molar-refractivity contribution < 1.29 is 9.53 Å². The lowest BCUT2D eigenvalue weighted by Crippen LogP contribution is -2.20. The maximum absolute atomic E-state index is 11.9. The van der Waals surface area contributed by atoms with Crippen LogP contribution in [0.1, 0.15) is 25.3 Å². The van der Waals surface area contributed by atoms with Gasteiger partial charge in [0.25, 0.3) is 5.91 Å². The van der Waals surface area contributed by atoms with Crippen molar-refractivity contribution >= 4 is 34.8 Å². The molecule has 0 bridgehead atoms. The molecule has 5 heteroatoms. The van der Waals surface area contributed by atoms with Gasteiger partial charge in [0, 0.05) is 5.69 Å². The van der Waals surface area contributed by atoms with Gasteiger partial charge in [-0.05, 0) is 35.7 Å². The molecule has 0 aromatic heterocycles. The van der Waals surface area contributed by atoms with Gasteiger partial charge >= 0.3 is 0 Å². The highest BCUT2D eigenvalue weighted by molar-refractivity contribution is 6.42. The van der Waals surface area contributed by atoms with Crippen LogP contribution in [0, 0.1) is 0 Å². The number of carbonyl (C=O) groups is 1. The second-order valence-electron chi connectivity index (χ2n) is 5.17. The first kappa shape index (κ1) is 16.7. The minimum Gasteiger partial charge on any atom is -0.482 e. The molecule has 22 heavy (non-hydrogen) atoms. The molecule has 0 aliphatic rings. The van der Waals surface area contributed by atoms with E-state index in [9.17, 15) is 4.79 Å². The van der Waals surface area contributed by atoms with Gasteiger partial charge in [0.2, 0.25) is 0 Å². The van der Waals surface area contributed by atoms with E-state index >= 15 is 0 Å². The fourth-order valence-corrected chi connectivity index (χ4v) is 2.23. The van der Waals surface area contributed by atoms with E-state index in [0.29, 0.717) is 21.7 Å². The molecule has 2 aromatic rings. The third-order valence-corrected chi connectivity index (χ3v) is 3.94. The molecule has 0 saturated carbocycles. The van der Waals surface area contributed by atoms with Crippen LogP contribution in [-0.2, 0) is 4.79 Å². The van der Waals surface area contributed by atoms with Gasteiger partial charge in [-0.1, -0.05) is 55.2 Å². The van der Waals surface area contributed by atoms with Crippen molar-refractivity contribution in [2.75, 3.05) is 11.9 Å². The Labute approximate surface area is 140 Å². The number of hydrogen-bond donors (Lipinski definition) is 1. The zero-order chi connectivity index (χ0) is 16.1. The van der Waals surface area contributed by atoms with Crippen molar-refractivity contribution in [2.24, 2.45) is 0 Å². The molecular weight excluding hydrogens is 321 g/mol. The topological polar surface area (TPSA) is 38.3 Å². The molecule has 0 unspecified atom stereocenters. The molecule has 1 N–H and O–H groups in total. The Bertz CT molecular complexity index is 654. The quantitative estimate of drug-likeness (QED) is 0.820. The number of rotatable bonds is 5. The molecule has 0 aliphatic carbocycles. The number of carbonyl (C=O) groups excluding carboxylic acids is 1. The van der Waals surface area contributed by atoms with Gasteiger partial charge in [-0.25, -0.2) is 0 Å². The number of hydrogen-bond acceptors (Lipinski definition) is 2. The van der Waals surface area contributed by atoms with Gasteiger partial charge in [-0.15, -0.1) is 0 Å². The van der Waals surface area contributed by atoms with Crippen LogP contribution in [0.2, 0.25) is 10.0 Å². The van der Waals surface area contributed by atoms with Crippen LogP contribution in [-0.4, -0.2) is 12.5 Å². The molecule has 1 amide bonds. The highest BCUT2D eigenvalue weighted by Gasteiger charge is 2.09. The number of nitrogens with one attached hydrogen (secondary N) is 1. The van der Waals surface area contributed by atoms with Gasteiger partial charge in [0.1, 0.15) is 10.8 Å². The van der Waals surface area contributed by atoms with E-state index in [-0.39, 0.29) is 12.5 Å². The molecule has 2 rings (SSSR count). The van der Waals surface area contributed by atoms with Crippen LogP contribution in [0.15, 0.2) is 42.5 Å². The summed E-state index contributed by atoms with van der Waals surface area (Å²) in [5.74, 6) is 0.589. The first-order valence-electron chi connectivity index (χ1n) is 6.94. The molecule has 0 spiro atoms. The van der Waals surface area contributed by atoms with Crippen molar-refractivity contribution in [3.8, 4) is 5.75 Å². The number of benzene rings is 2. The Morgan fingerprint density at radius 1 is 1.14 bits per heavy atom. The molecule has 0 aliphatic heterocycles. The van der Waals surface area contributed by atoms with Gasteiger partial charge in [-0.3, -0.25) is 4.79 Å². The summed E-state index contributed by atoms with van der Waals surface area (Å²) in [7, 11) is 0. The molecule has 0 fully saturated rings. The summed E-state index contributed by atoms with van der Waals surface area (Å²) in [6.45, 7) is 4.11. The normalized spacial score (nSPS) is 10.6. The second-order valence-corrected chi connectivity index (χ2v) is 5.95. The highest BCUT2D eigenvalue weighted by atomic mass is 35.5. The minimum atomic E-state index is -0.256. The van der Waals surface area contributed by atoms with Crippen molar-refractivity contribution in [1.82, 2.24) is 0 Å². The average molecular weight is 338 g/mol. The van der Waals surface area contributed by atoms with E-state index in [1.165, 1.54) is 5.56 Å². The molecule has 3 nitrogen and oxygen atoms in total. The SMILES string of the molecule is CC(C)c1ccc(NC(=O)COc2cccc(Cl)c2Cl)cc1. The van der Waals surface area contributed by atoms with E-state index in [4.69, 9.17) is 27.9 Å². The average Bonchev–Trinajstić information content (AvgIpc) is 2.49. The van der Waals surface area contributed by atoms with E-state index in [0.717, 1.165) is 5.69 Å². The fourth-order valence-electron chi connectivity index (χ4n) is 1.89. The predicted molar refractivity (Wildman–Crippen MR) is 91.1 cm³/mol. The second kappa shape index (κ2) is 7.52. The summed E-state index contributed by atoms with van der Waals surface area (Å²) in [4.78, 5) is 11.9. The summed E-state index contributed by atoms with van der Waals surface area (Å²) < 4.78 is 5.39. The van der Waals surface area contributed by atoms with Crippen LogP contribution in [0.3, 0.4) is 0 Å². The van der Waals surface area contributed by atoms with Crippen molar-refractivity contribution in [1.29, 1.82) is 0 Å². The molecule has 0 heterocycles. The van der Waals surface area contributed by atoms with E-state index in [1.807, 2.05) is 24.3 Å². The summed E-state index contributed by atoms with van der Waals surface area (Å²) >= 11 is 11.9. The molecule has 0 saturated heterocycles. The lowest BCUT2D eigenvalue weighted by molar-refractivity contribution is -0.118. The summed E-state index contributed by atoms with van der Waals surface area (Å²) in [5.41, 5.74) is 1.95. The number of halogens is 2. The third kappa shape index (κ3) is 4.39. The van der Waals surface area contributed by atoms with Crippen LogP contribution in [0.5, 0.6) is 5.75 Å². The predicted octanol–water partition coefficient (Wildman–Crippen LogP) is 5.13. The zero-order valence-corrected chi connectivity index (χ0v) is 13.9. The third-order valence-electron chi connectivity index (χ3n) is 3.14. The van der Waals surface area contributed by atoms with Crippen molar-refractivity contribution in [3.05, 3.63) is 58.1 Å². The summed E-state index contributed by atoms with van der Waals surface area (Å²) in [6.07, 6.45) is 0. The maximum Gasteiger partial charge on any atom is 0.262 e. The maximum atomic E-state index is 11.9.